The second kappa shape index (κ2) is 6.92. The number of hydrazine groups is 1. The van der Waals surface area contributed by atoms with E-state index in [1.807, 2.05) is 22.7 Å². The minimum Gasteiger partial charge on any atom is -0.358 e. The molecule has 0 radical (unpaired) electrons. The lowest BCUT2D eigenvalue weighted by molar-refractivity contribution is -0.389. The molecule has 4 rings (SSSR count). The average Bonchev–Trinajstić information content (AvgIpc) is 3.29. The second-order valence-corrected chi connectivity index (χ2v) is 7.04. The van der Waals surface area contributed by atoms with Crippen LogP contribution in [0.4, 0.5) is 11.6 Å². The zero-order valence-electron chi connectivity index (χ0n) is 14.2. The molecule has 136 valence electrons. The highest BCUT2D eigenvalue weighted by atomic mass is 32.2. The number of nitro groups is 1. The number of imidazole rings is 1. The fourth-order valence-corrected chi connectivity index (χ4v) is 4.01. The van der Waals surface area contributed by atoms with E-state index in [9.17, 15) is 10.1 Å². The number of nitrogens with zero attached hydrogens (tertiary/aromatic N) is 8. The Hall–Kier alpha value is -2.66. The van der Waals surface area contributed by atoms with E-state index in [1.165, 1.54) is 18.1 Å². The summed E-state index contributed by atoms with van der Waals surface area (Å²) in [5.41, 5.74) is 0. The molecule has 10 nitrogen and oxygen atoms in total. The Morgan fingerprint density at radius 2 is 2.08 bits per heavy atom. The van der Waals surface area contributed by atoms with Gasteiger partial charge in [-0.15, -0.1) is 0 Å². The Labute approximate surface area is 154 Å². The van der Waals surface area contributed by atoms with E-state index in [-0.39, 0.29) is 11.1 Å². The smallest absolute Gasteiger partial charge is 0.358 e. The van der Waals surface area contributed by atoms with Crippen LogP contribution < -0.4 is 4.90 Å². The lowest BCUT2D eigenvalue weighted by Crippen LogP contribution is -2.50. The van der Waals surface area contributed by atoms with E-state index in [0.717, 1.165) is 32.0 Å². The topological polar surface area (TPSA) is 95.9 Å². The predicted molar refractivity (Wildman–Crippen MR) is 98.5 cm³/mol. The number of rotatable bonds is 4. The van der Waals surface area contributed by atoms with Gasteiger partial charge < -0.3 is 19.6 Å². The zero-order chi connectivity index (χ0) is 18.1. The lowest BCUT2D eigenvalue weighted by Gasteiger charge is -2.38. The van der Waals surface area contributed by atoms with E-state index < -0.39 is 4.92 Å². The molecule has 0 spiro atoms. The molecule has 1 saturated heterocycles. The highest BCUT2D eigenvalue weighted by Gasteiger charge is 2.33. The van der Waals surface area contributed by atoms with Crippen molar-refractivity contribution in [2.24, 2.45) is 12.1 Å². The first kappa shape index (κ1) is 16.8. The molecule has 4 heterocycles. The number of aromatic nitrogens is 3. The molecule has 2 aliphatic heterocycles. The van der Waals surface area contributed by atoms with Crippen molar-refractivity contribution in [2.75, 3.05) is 31.1 Å². The van der Waals surface area contributed by atoms with Crippen molar-refractivity contribution in [3.8, 4) is 0 Å². The van der Waals surface area contributed by atoms with Gasteiger partial charge in [0.1, 0.15) is 17.3 Å². The molecule has 0 aliphatic carbocycles. The third-order valence-electron chi connectivity index (χ3n) is 4.32. The number of hydrogen-bond donors (Lipinski definition) is 0. The van der Waals surface area contributed by atoms with E-state index in [4.69, 9.17) is 0 Å². The van der Waals surface area contributed by atoms with Crippen molar-refractivity contribution in [1.82, 2.24) is 24.1 Å². The number of hydrogen-bond acceptors (Lipinski definition) is 9. The lowest BCUT2D eigenvalue weighted by atomic mass is 10.3. The Kier molecular flexibility index (Phi) is 4.47. The molecule has 0 saturated carbocycles. The van der Waals surface area contributed by atoms with Gasteiger partial charge >= 0.3 is 5.82 Å². The summed E-state index contributed by atoms with van der Waals surface area (Å²) >= 11 is 1.50. The molecule has 26 heavy (non-hydrogen) atoms. The molecule has 0 aromatic carbocycles. The van der Waals surface area contributed by atoms with Crippen LogP contribution in [0.1, 0.15) is 11.1 Å². The Morgan fingerprint density at radius 1 is 1.27 bits per heavy atom. The van der Waals surface area contributed by atoms with Gasteiger partial charge in [0.15, 0.2) is 0 Å². The minimum absolute atomic E-state index is 0.137. The third-order valence-corrected chi connectivity index (χ3v) is 5.39. The molecule has 1 fully saturated rings. The zero-order valence-corrected chi connectivity index (χ0v) is 15.0. The fraction of sp³-hybridized carbons (Fsp3) is 0.400. The third kappa shape index (κ3) is 3.22. The van der Waals surface area contributed by atoms with Gasteiger partial charge in [-0.3, -0.25) is 0 Å². The van der Waals surface area contributed by atoms with Crippen LogP contribution in [-0.4, -0.2) is 61.4 Å². The molecule has 0 N–H and O–H groups in total. The second-order valence-electron chi connectivity index (χ2n) is 6.00. The van der Waals surface area contributed by atoms with Crippen LogP contribution in [0.2, 0.25) is 0 Å². The Balaban J connectivity index is 1.37. The summed E-state index contributed by atoms with van der Waals surface area (Å²) in [6.07, 6.45) is 5.01. The molecule has 0 amide bonds. The van der Waals surface area contributed by atoms with Crippen LogP contribution in [0, 0.1) is 10.1 Å². The van der Waals surface area contributed by atoms with Crippen LogP contribution in [0.25, 0.3) is 0 Å². The molecule has 11 heteroatoms. The van der Waals surface area contributed by atoms with E-state index >= 15 is 0 Å². The standard InChI is InChI=1S/C15H18N8O2S/c1-19-11-14(22(24)25)18-15(19)12-10-17-23(26-12)21-8-6-20(7-9-21)13-4-2-3-5-16-13/h2-5,10-12H,6-9H2,1H3. The van der Waals surface area contributed by atoms with Gasteiger partial charge in [0.2, 0.25) is 5.82 Å². The Bertz CT molecular complexity index is 818. The first-order chi connectivity index (χ1) is 12.6. The first-order valence-electron chi connectivity index (χ1n) is 8.21. The largest absolute Gasteiger partial charge is 0.381 e. The summed E-state index contributed by atoms with van der Waals surface area (Å²) in [4.78, 5) is 21.2. The van der Waals surface area contributed by atoms with Crippen molar-refractivity contribution in [1.29, 1.82) is 0 Å². The number of piperazine rings is 1. The molecule has 2 aromatic heterocycles. The summed E-state index contributed by atoms with van der Waals surface area (Å²) in [6.45, 7) is 3.38. The number of hydrazone groups is 1. The summed E-state index contributed by atoms with van der Waals surface area (Å²) in [7, 11) is 1.76. The maximum absolute atomic E-state index is 10.9. The normalized spacial score (nSPS) is 20.7. The van der Waals surface area contributed by atoms with Gasteiger partial charge in [0.25, 0.3) is 0 Å². The maximum Gasteiger partial charge on any atom is 0.381 e. The fourth-order valence-electron chi connectivity index (χ4n) is 2.98. The van der Waals surface area contributed by atoms with Crippen LogP contribution in [-0.2, 0) is 7.05 Å². The monoisotopic (exact) mass is 374 g/mol. The molecule has 1 unspecified atom stereocenters. The van der Waals surface area contributed by atoms with Gasteiger partial charge in [-0.2, -0.15) is 14.6 Å². The molecule has 1 atom stereocenters. The summed E-state index contributed by atoms with van der Waals surface area (Å²) in [5, 5.41) is 17.4. The number of anilines is 1. The van der Waals surface area contributed by atoms with Crippen molar-refractivity contribution in [3.63, 3.8) is 0 Å². The van der Waals surface area contributed by atoms with Gasteiger partial charge in [-0.25, -0.2) is 4.98 Å². The summed E-state index contributed by atoms with van der Waals surface area (Å²) in [5.74, 6) is 1.47. The Morgan fingerprint density at radius 3 is 2.73 bits per heavy atom. The van der Waals surface area contributed by atoms with E-state index in [2.05, 4.69) is 25.0 Å². The van der Waals surface area contributed by atoms with Crippen molar-refractivity contribution in [2.45, 2.75) is 5.25 Å². The molecular weight excluding hydrogens is 356 g/mol. The highest BCUT2D eigenvalue weighted by molar-refractivity contribution is 7.98. The van der Waals surface area contributed by atoms with Gasteiger partial charge in [0, 0.05) is 51.4 Å². The van der Waals surface area contributed by atoms with Gasteiger partial charge in [-0.05, 0) is 22.0 Å². The van der Waals surface area contributed by atoms with Crippen LogP contribution in [0.3, 0.4) is 0 Å². The molecule has 0 bridgehead atoms. The van der Waals surface area contributed by atoms with Crippen molar-refractivity contribution < 1.29 is 4.92 Å². The summed E-state index contributed by atoms with van der Waals surface area (Å²) < 4.78 is 3.55. The van der Waals surface area contributed by atoms with Crippen molar-refractivity contribution >= 4 is 29.8 Å². The predicted octanol–water partition coefficient (Wildman–Crippen LogP) is 1.45. The molecule has 2 aromatic rings. The first-order valence-corrected chi connectivity index (χ1v) is 9.05. The van der Waals surface area contributed by atoms with Crippen LogP contribution in [0.15, 0.2) is 35.7 Å². The number of pyridine rings is 1. The molecular formula is C15H18N8O2S. The van der Waals surface area contributed by atoms with Gasteiger partial charge in [-0.1, -0.05) is 6.07 Å². The van der Waals surface area contributed by atoms with Crippen LogP contribution >= 0.6 is 11.9 Å². The quantitative estimate of drug-likeness (QED) is 0.451. The molecule has 2 aliphatic rings. The van der Waals surface area contributed by atoms with Crippen molar-refractivity contribution in [3.05, 3.63) is 46.5 Å². The number of aryl methyl sites for hydroxylation is 1. The van der Waals surface area contributed by atoms with Gasteiger partial charge in [0.05, 0.1) is 6.21 Å². The van der Waals surface area contributed by atoms with Crippen LogP contribution in [0.5, 0.6) is 0 Å². The SMILES string of the molecule is Cn1cc([N+](=O)[O-])nc1C1C=NN(N2CCN(c3ccccn3)CC2)S1. The highest BCUT2D eigenvalue weighted by Crippen LogP contribution is 2.36. The summed E-state index contributed by atoms with van der Waals surface area (Å²) in [6, 6.07) is 5.92. The average molecular weight is 374 g/mol. The minimum atomic E-state index is -0.477. The van der Waals surface area contributed by atoms with E-state index in [0.29, 0.717) is 5.82 Å². The van der Waals surface area contributed by atoms with E-state index in [1.54, 1.807) is 24.0 Å². The maximum atomic E-state index is 10.9.